The number of carbonyl (C=O) groups is 1. The fourth-order valence-corrected chi connectivity index (χ4v) is 1.74. The normalized spacial score (nSPS) is 10.2. The van der Waals surface area contributed by atoms with Crippen LogP contribution in [0.3, 0.4) is 0 Å². The molecule has 4 heteroatoms. The van der Waals surface area contributed by atoms with Crippen LogP contribution in [0, 0.1) is 5.82 Å². The largest absolute Gasteiger partial charge is 0.294 e. The summed E-state index contributed by atoms with van der Waals surface area (Å²) in [6, 6.07) is 8.33. The van der Waals surface area contributed by atoms with Gasteiger partial charge in [-0.05, 0) is 23.8 Å². The summed E-state index contributed by atoms with van der Waals surface area (Å²) < 4.78 is 13.3. The molecule has 86 valence electrons. The van der Waals surface area contributed by atoms with Crippen molar-refractivity contribution in [1.29, 1.82) is 0 Å². The minimum atomic E-state index is -0.598. The Morgan fingerprint density at radius 1 is 1.35 bits per heavy atom. The van der Waals surface area contributed by atoms with Crippen molar-refractivity contribution in [1.82, 2.24) is 4.98 Å². The molecule has 0 unspecified atom stereocenters. The third kappa shape index (κ3) is 2.88. The van der Waals surface area contributed by atoms with Crippen molar-refractivity contribution in [3.05, 3.63) is 64.7 Å². The van der Waals surface area contributed by atoms with Crippen LogP contribution in [0.25, 0.3) is 0 Å². The van der Waals surface area contributed by atoms with E-state index >= 15 is 0 Å². The van der Waals surface area contributed by atoms with Gasteiger partial charge in [0.2, 0.25) is 0 Å². The number of halogens is 2. The SMILES string of the molecule is O=C(Cc1cccc(Cl)c1)c1ccncc1F. The number of benzene rings is 1. The van der Waals surface area contributed by atoms with E-state index in [4.69, 9.17) is 11.6 Å². The minimum absolute atomic E-state index is 0.0555. The van der Waals surface area contributed by atoms with Gasteiger partial charge in [-0.2, -0.15) is 0 Å². The van der Waals surface area contributed by atoms with Gasteiger partial charge in [0.25, 0.3) is 0 Å². The molecule has 0 radical (unpaired) electrons. The fourth-order valence-electron chi connectivity index (χ4n) is 1.53. The molecule has 0 atom stereocenters. The van der Waals surface area contributed by atoms with Crippen LogP contribution in [-0.2, 0) is 6.42 Å². The maximum atomic E-state index is 13.3. The summed E-state index contributed by atoms with van der Waals surface area (Å²) in [5, 5.41) is 0.561. The lowest BCUT2D eigenvalue weighted by molar-refractivity contribution is 0.0989. The third-order valence-electron chi connectivity index (χ3n) is 2.33. The Bertz CT molecular complexity index is 557. The van der Waals surface area contributed by atoms with E-state index in [1.165, 1.54) is 12.3 Å². The van der Waals surface area contributed by atoms with E-state index in [0.29, 0.717) is 5.02 Å². The van der Waals surface area contributed by atoms with Gasteiger partial charge in [-0.25, -0.2) is 4.39 Å². The Morgan fingerprint density at radius 2 is 2.18 bits per heavy atom. The molecule has 0 amide bonds. The van der Waals surface area contributed by atoms with Gasteiger partial charge >= 0.3 is 0 Å². The summed E-state index contributed by atoms with van der Waals surface area (Å²) in [5.74, 6) is -0.883. The summed E-state index contributed by atoms with van der Waals surface area (Å²) in [5.41, 5.74) is 0.818. The minimum Gasteiger partial charge on any atom is -0.294 e. The maximum Gasteiger partial charge on any atom is 0.170 e. The summed E-state index contributed by atoms with van der Waals surface area (Å²) in [6.07, 6.45) is 2.56. The molecule has 0 aliphatic heterocycles. The maximum absolute atomic E-state index is 13.3. The standard InChI is InChI=1S/C13H9ClFNO/c14-10-3-1-2-9(6-10)7-13(17)11-4-5-16-8-12(11)15/h1-6,8H,7H2. The average Bonchev–Trinajstić information content (AvgIpc) is 2.29. The van der Waals surface area contributed by atoms with Gasteiger partial charge in [0.05, 0.1) is 11.8 Å². The first kappa shape index (κ1) is 11.7. The molecule has 0 N–H and O–H groups in total. The van der Waals surface area contributed by atoms with Crippen LogP contribution in [0.15, 0.2) is 42.7 Å². The van der Waals surface area contributed by atoms with Crippen LogP contribution in [0.4, 0.5) is 4.39 Å². The molecule has 0 saturated carbocycles. The first-order valence-corrected chi connectivity index (χ1v) is 5.42. The van der Waals surface area contributed by atoms with Crippen molar-refractivity contribution in [3.8, 4) is 0 Å². The Balaban J connectivity index is 2.20. The van der Waals surface area contributed by atoms with E-state index in [9.17, 15) is 9.18 Å². The Labute approximate surface area is 103 Å². The van der Waals surface area contributed by atoms with Crippen molar-refractivity contribution >= 4 is 17.4 Å². The molecule has 1 heterocycles. The molecule has 0 aliphatic carbocycles. The van der Waals surface area contributed by atoms with Crippen LogP contribution in [0.1, 0.15) is 15.9 Å². The zero-order chi connectivity index (χ0) is 12.3. The molecule has 0 saturated heterocycles. The molecular formula is C13H9ClFNO. The molecule has 0 spiro atoms. The van der Waals surface area contributed by atoms with Crippen LogP contribution in [-0.4, -0.2) is 10.8 Å². The highest BCUT2D eigenvalue weighted by Gasteiger charge is 2.11. The smallest absolute Gasteiger partial charge is 0.170 e. The van der Waals surface area contributed by atoms with Crippen LogP contribution >= 0.6 is 11.6 Å². The lowest BCUT2D eigenvalue weighted by atomic mass is 10.0. The molecule has 0 fully saturated rings. The number of pyridine rings is 1. The van der Waals surface area contributed by atoms with Crippen molar-refractivity contribution in [2.75, 3.05) is 0 Å². The van der Waals surface area contributed by atoms with Gasteiger partial charge < -0.3 is 0 Å². The first-order chi connectivity index (χ1) is 8.16. The highest BCUT2D eigenvalue weighted by atomic mass is 35.5. The van der Waals surface area contributed by atoms with E-state index in [-0.39, 0.29) is 17.8 Å². The van der Waals surface area contributed by atoms with Crippen molar-refractivity contribution in [2.24, 2.45) is 0 Å². The van der Waals surface area contributed by atoms with Crippen LogP contribution < -0.4 is 0 Å². The van der Waals surface area contributed by atoms with Gasteiger partial charge in [-0.15, -0.1) is 0 Å². The number of nitrogens with zero attached hydrogens (tertiary/aromatic N) is 1. The number of hydrogen-bond acceptors (Lipinski definition) is 2. The highest BCUT2D eigenvalue weighted by molar-refractivity contribution is 6.30. The van der Waals surface area contributed by atoms with Gasteiger partial charge in [0, 0.05) is 17.6 Å². The van der Waals surface area contributed by atoms with E-state index in [1.54, 1.807) is 24.3 Å². The molecule has 1 aromatic heterocycles. The average molecular weight is 250 g/mol. The highest BCUT2D eigenvalue weighted by Crippen LogP contribution is 2.14. The van der Waals surface area contributed by atoms with E-state index in [1.807, 2.05) is 0 Å². The Hall–Kier alpha value is -1.74. The van der Waals surface area contributed by atoms with Crippen molar-refractivity contribution in [2.45, 2.75) is 6.42 Å². The van der Waals surface area contributed by atoms with Crippen LogP contribution in [0.2, 0.25) is 5.02 Å². The number of aromatic nitrogens is 1. The molecule has 0 bridgehead atoms. The lowest BCUT2D eigenvalue weighted by Gasteiger charge is -2.02. The van der Waals surface area contributed by atoms with Crippen molar-refractivity contribution in [3.63, 3.8) is 0 Å². The molecular weight excluding hydrogens is 241 g/mol. The Kier molecular flexibility index (Phi) is 3.49. The van der Waals surface area contributed by atoms with Crippen LogP contribution in [0.5, 0.6) is 0 Å². The number of ketones is 1. The molecule has 0 aliphatic rings. The zero-order valence-corrected chi connectivity index (χ0v) is 9.62. The fraction of sp³-hybridized carbons (Fsp3) is 0.0769. The molecule has 17 heavy (non-hydrogen) atoms. The predicted molar refractivity (Wildman–Crippen MR) is 63.7 cm³/mol. The number of carbonyl (C=O) groups excluding carboxylic acids is 1. The Morgan fingerprint density at radius 3 is 2.88 bits per heavy atom. The van der Waals surface area contributed by atoms with E-state index in [0.717, 1.165) is 11.8 Å². The molecule has 2 rings (SSSR count). The molecule has 2 nitrogen and oxygen atoms in total. The summed E-state index contributed by atoms with van der Waals surface area (Å²) in [6.45, 7) is 0. The predicted octanol–water partition coefficient (Wildman–Crippen LogP) is 3.30. The van der Waals surface area contributed by atoms with Gasteiger partial charge in [-0.1, -0.05) is 23.7 Å². The van der Waals surface area contributed by atoms with E-state index < -0.39 is 5.82 Å². The first-order valence-electron chi connectivity index (χ1n) is 5.04. The summed E-state index contributed by atoms with van der Waals surface area (Å²) >= 11 is 5.81. The van der Waals surface area contributed by atoms with Gasteiger partial charge in [-0.3, -0.25) is 9.78 Å². The molecule has 2 aromatic rings. The third-order valence-corrected chi connectivity index (χ3v) is 2.56. The molecule has 1 aromatic carbocycles. The van der Waals surface area contributed by atoms with Crippen molar-refractivity contribution < 1.29 is 9.18 Å². The number of rotatable bonds is 3. The second kappa shape index (κ2) is 5.06. The monoisotopic (exact) mass is 249 g/mol. The number of hydrogen-bond donors (Lipinski definition) is 0. The second-order valence-electron chi connectivity index (χ2n) is 3.59. The van der Waals surface area contributed by atoms with E-state index in [2.05, 4.69) is 4.98 Å². The lowest BCUT2D eigenvalue weighted by Crippen LogP contribution is -2.06. The zero-order valence-electron chi connectivity index (χ0n) is 8.86. The summed E-state index contributed by atoms with van der Waals surface area (Å²) in [4.78, 5) is 15.4. The van der Waals surface area contributed by atoms with Gasteiger partial charge in [0.15, 0.2) is 11.6 Å². The quantitative estimate of drug-likeness (QED) is 0.782. The second-order valence-corrected chi connectivity index (χ2v) is 4.02. The van der Waals surface area contributed by atoms with Gasteiger partial charge in [0.1, 0.15) is 0 Å². The number of Topliss-reactive ketones (excluding diaryl/α,β-unsaturated/α-hetero) is 1. The topological polar surface area (TPSA) is 30.0 Å². The summed E-state index contributed by atoms with van der Waals surface area (Å²) in [7, 11) is 0.